The van der Waals surface area contributed by atoms with E-state index in [0.29, 0.717) is 6.04 Å². The van der Waals surface area contributed by atoms with Crippen molar-refractivity contribution in [1.29, 1.82) is 0 Å². The summed E-state index contributed by atoms with van der Waals surface area (Å²) in [5.41, 5.74) is 1.26. The van der Waals surface area contributed by atoms with E-state index in [0.717, 1.165) is 26.2 Å². The molecule has 1 aromatic rings. The Hall–Kier alpha value is -1.35. The number of benzene rings is 1. The highest BCUT2D eigenvalue weighted by Crippen LogP contribution is 2.19. The van der Waals surface area contributed by atoms with Gasteiger partial charge in [-0.3, -0.25) is 4.99 Å². The number of likely N-dealkylation sites (N-methyl/N-ethyl adjacent to an activating group) is 1. The molecule has 1 fully saturated rings. The number of piperazine rings is 1. The minimum Gasteiger partial charge on any atom is -0.349 e. The first-order valence-electron chi connectivity index (χ1n) is 5.89. The normalized spacial score (nSPS) is 25.4. The second kappa shape index (κ2) is 3.91. The molecule has 0 aliphatic carbocycles. The van der Waals surface area contributed by atoms with Gasteiger partial charge in [-0.15, -0.1) is 0 Å². The van der Waals surface area contributed by atoms with E-state index >= 15 is 0 Å². The third-order valence-corrected chi connectivity index (χ3v) is 3.44. The molecule has 3 rings (SSSR count). The molecule has 1 atom stereocenters. The predicted octanol–water partition coefficient (Wildman–Crippen LogP) is 1.06. The van der Waals surface area contributed by atoms with Crippen LogP contribution in [0.4, 0.5) is 0 Å². The van der Waals surface area contributed by atoms with Gasteiger partial charge in [0.05, 0.1) is 12.6 Å². The van der Waals surface area contributed by atoms with Crippen molar-refractivity contribution in [2.45, 2.75) is 6.04 Å². The number of rotatable bonds is 1. The highest BCUT2D eigenvalue weighted by Gasteiger charge is 2.32. The molecule has 2 aliphatic rings. The molecular weight excluding hydrogens is 198 g/mol. The zero-order chi connectivity index (χ0) is 11.0. The van der Waals surface area contributed by atoms with Crippen molar-refractivity contribution in [3.63, 3.8) is 0 Å². The number of nitrogens with zero attached hydrogens (tertiary/aromatic N) is 3. The summed E-state index contributed by atoms with van der Waals surface area (Å²) in [5, 5.41) is 0. The van der Waals surface area contributed by atoms with Crippen molar-refractivity contribution in [1.82, 2.24) is 9.80 Å². The maximum Gasteiger partial charge on any atom is 0.131 e. The van der Waals surface area contributed by atoms with Crippen molar-refractivity contribution >= 4 is 5.84 Å². The van der Waals surface area contributed by atoms with E-state index in [2.05, 4.69) is 47.2 Å². The molecule has 2 aliphatic heterocycles. The van der Waals surface area contributed by atoms with E-state index in [9.17, 15) is 0 Å². The van der Waals surface area contributed by atoms with Gasteiger partial charge < -0.3 is 9.80 Å². The Kier molecular flexibility index (Phi) is 2.40. The molecular formula is C13H17N3. The molecule has 0 spiro atoms. The largest absolute Gasteiger partial charge is 0.349 e. The van der Waals surface area contributed by atoms with Crippen molar-refractivity contribution in [3.05, 3.63) is 35.9 Å². The van der Waals surface area contributed by atoms with Crippen LogP contribution in [0.15, 0.2) is 35.3 Å². The Morgan fingerprint density at radius 1 is 1.19 bits per heavy atom. The molecule has 16 heavy (non-hydrogen) atoms. The van der Waals surface area contributed by atoms with Crippen LogP contribution in [-0.2, 0) is 0 Å². The second-order valence-corrected chi connectivity index (χ2v) is 4.64. The van der Waals surface area contributed by atoms with Crippen molar-refractivity contribution in [2.24, 2.45) is 4.99 Å². The molecule has 1 unspecified atom stereocenters. The standard InChI is InChI=1S/C13H17N3/c1-15-7-8-16-12(10-15)9-14-13(16)11-5-3-2-4-6-11/h2-6,12H,7-10H2,1H3. The average molecular weight is 215 g/mol. The van der Waals surface area contributed by atoms with Gasteiger partial charge in [0.2, 0.25) is 0 Å². The van der Waals surface area contributed by atoms with E-state index in [1.165, 1.54) is 11.4 Å². The maximum atomic E-state index is 4.70. The summed E-state index contributed by atoms with van der Waals surface area (Å²) in [6.07, 6.45) is 0. The average Bonchev–Trinajstić information content (AvgIpc) is 2.73. The van der Waals surface area contributed by atoms with Gasteiger partial charge in [0.1, 0.15) is 5.84 Å². The topological polar surface area (TPSA) is 18.8 Å². The van der Waals surface area contributed by atoms with Crippen LogP contribution in [0.2, 0.25) is 0 Å². The van der Waals surface area contributed by atoms with Crippen molar-refractivity contribution in [3.8, 4) is 0 Å². The third kappa shape index (κ3) is 1.61. The van der Waals surface area contributed by atoms with Gasteiger partial charge in [0.15, 0.2) is 0 Å². The van der Waals surface area contributed by atoms with Crippen LogP contribution in [0.3, 0.4) is 0 Å². The van der Waals surface area contributed by atoms with Crippen LogP contribution in [0, 0.1) is 0 Å². The summed E-state index contributed by atoms with van der Waals surface area (Å²) in [7, 11) is 2.19. The third-order valence-electron chi connectivity index (χ3n) is 3.44. The summed E-state index contributed by atoms with van der Waals surface area (Å²) in [6.45, 7) is 4.34. The summed E-state index contributed by atoms with van der Waals surface area (Å²) in [4.78, 5) is 9.56. The van der Waals surface area contributed by atoms with Crippen LogP contribution >= 0.6 is 0 Å². The van der Waals surface area contributed by atoms with E-state index in [1.54, 1.807) is 0 Å². The molecule has 1 aromatic carbocycles. The molecule has 0 radical (unpaired) electrons. The number of amidine groups is 1. The SMILES string of the molecule is CN1CCN2C(c3ccccc3)=NCC2C1. The maximum absolute atomic E-state index is 4.70. The smallest absolute Gasteiger partial charge is 0.131 e. The highest BCUT2D eigenvalue weighted by molar-refractivity contribution is 6.00. The van der Waals surface area contributed by atoms with Crippen LogP contribution in [0.25, 0.3) is 0 Å². The number of fused-ring (bicyclic) bond motifs is 1. The van der Waals surface area contributed by atoms with Crippen LogP contribution in [-0.4, -0.2) is 54.9 Å². The number of aliphatic imine (C=N–C) groups is 1. The fourth-order valence-electron chi connectivity index (χ4n) is 2.57. The monoisotopic (exact) mass is 215 g/mol. The number of hydrogen-bond acceptors (Lipinski definition) is 3. The fraction of sp³-hybridized carbons (Fsp3) is 0.462. The lowest BCUT2D eigenvalue weighted by molar-refractivity contribution is 0.168. The summed E-state index contributed by atoms with van der Waals surface area (Å²) < 4.78 is 0. The Morgan fingerprint density at radius 2 is 2.00 bits per heavy atom. The molecule has 0 bridgehead atoms. The van der Waals surface area contributed by atoms with Gasteiger partial charge in [0.25, 0.3) is 0 Å². The van der Waals surface area contributed by atoms with Gasteiger partial charge >= 0.3 is 0 Å². The Balaban J connectivity index is 1.84. The highest BCUT2D eigenvalue weighted by atomic mass is 15.3. The predicted molar refractivity (Wildman–Crippen MR) is 65.8 cm³/mol. The van der Waals surface area contributed by atoms with Crippen molar-refractivity contribution < 1.29 is 0 Å². The second-order valence-electron chi connectivity index (χ2n) is 4.64. The van der Waals surface area contributed by atoms with Gasteiger partial charge in [0, 0.05) is 25.2 Å². The fourth-order valence-corrected chi connectivity index (χ4v) is 2.57. The molecule has 0 amide bonds. The first-order valence-corrected chi connectivity index (χ1v) is 5.89. The number of hydrogen-bond donors (Lipinski definition) is 0. The quantitative estimate of drug-likeness (QED) is 0.697. The zero-order valence-electron chi connectivity index (χ0n) is 9.63. The Morgan fingerprint density at radius 3 is 2.81 bits per heavy atom. The molecule has 0 N–H and O–H groups in total. The van der Waals surface area contributed by atoms with Gasteiger partial charge in [-0.05, 0) is 7.05 Å². The summed E-state index contributed by atoms with van der Waals surface area (Å²) in [6, 6.07) is 11.1. The lowest BCUT2D eigenvalue weighted by atomic mass is 10.1. The zero-order valence-corrected chi connectivity index (χ0v) is 9.63. The molecule has 3 nitrogen and oxygen atoms in total. The van der Waals surface area contributed by atoms with E-state index in [-0.39, 0.29) is 0 Å². The Labute approximate surface area is 96.4 Å². The van der Waals surface area contributed by atoms with Gasteiger partial charge in [-0.1, -0.05) is 30.3 Å². The Bertz CT molecular complexity index is 399. The molecule has 0 aromatic heterocycles. The molecule has 2 heterocycles. The summed E-state index contributed by atoms with van der Waals surface area (Å²) in [5.74, 6) is 1.19. The van der Waals surface area contributed by atoms with Crippen LogP contribution in [0.1, 0.15) is 5.56 Å². The molecule has 0 saturated carbocycles. The van der Waals surface area contributed by atoms with E-state index in [4.69, 9.17) is 4.99 Å². The lowest BCUT2D eigenvalue weighted by Crippen LogP contribution is -2.52. The van der Waals surface area contributed by atoms with E-state index < -0.39 is 0 Å². The first kappa shape index (κ1) is 9.85. The molecule has 3 heteroatoms. The molecule has 1 saturated heterocycles. The first-order chi connectivity index (χ1) is 7.84. The van der Waals surface area contributed by atoms with Crippen LogP contribution in [0.5, 0.6) is 0 Å². The van der Waals surface area contributed by atoms with E-state index in [1.807, 2.05) is 0 Å². The van der Waals surface area contributed by atoms with Gasteiger partial charge in [-0.25, -0.2) is 0 Å². The van der Waals surface area contributed by atoms with Gasteiger partial charge in [-0.2, -0.15) is 0 Å². The summed E-state index contributed by atoms with van der Waals surface area (Å²) >= 11 is 0. The minimum absolute atomic E-state index is 0.592. The van der Waals surface area contributed by atoms with Crippen LogP contribution < -0.4 is 0 Å². The lowest BCUT2D eigenvalue weighted by Gasteiger charge is -2.37. The minimum atomic E-state index is 0.592. The van der Waals surface area contributed by atoms with Crippen molar-refractivity contribution in [2.75, 3.05) is 33.2 Å². The molecule has 84 valence electrons.